The number of hydrogen-bond acceptors (Lipinski definition) is 3. The molecular weight excluding hydrogens is 366 g/mol. The highest BCUT2D eigenvalue weighted by Gasteiger charge is 2.31. The minimum absolute atomic E-state index is 0.0346. The summed E-state index contributed by atoms with van der Waals surface area (Å²) in [6.07, 6.45) is 3.76. The number of nitrogens with zero attached hydrogens (tertiary/aromatic N) is 1. The molecule has 1 amide bonds. The number of fused-ring (bicyclic) bond motifs is 3. The number of likely N-dealkylation sites (N-methyl/N-ethyl adjacent to an activating group) is 1. The molecule has 0 saturated heterocycles. The molecule has 0 bridgehead atoms. The van der Waals surface area contributed by atoms with Crippen molar-refractivity contribution in [1.29, 1.82) is 0 Å². The number of carboxylic acid groups (broad SMARTS) is 1. The zero-order valence-corrected chi connectivity index (χ0v) is 17.1. The van der Waals surface area contributed by atoms with Crippen molar-refractivity contribution in [1.82, 2.24) is 4.90 Å². The molecule has 5 heteroatoms. The standard InChI is InChI=1S/C24H29NO4/c1-3-4-5-6-15-22(23(26)27)25(2)24(28)29-16-21-19-13-9-7-11-17(19)18-12-8-10-14-20(18)21/h7-14,21-22H,3-6,15-16H2,1-2H3,(H,26,27). The van der Waals surface area contributed by atoms with Crippen LogP contribution >= 0.6 is 0 Å². The van der Waals surface area contributed by atoms with E-state index in [2.05, 4.69) is 31.2 Å². The van der Waals surface area contributed by atoms with E-state index in [1.807, 2.05) is 24.3 Å². The molecule has 29 heavy (non-hydrogen) atoms. The third kappa shape index (κ3) is 4.61. The predicted octanol–water partition coefficient (Wildman–Crippen LogP) is 5.29. The number of carboxylic acids is 1. The predicted molar refractivity (Wildman–Crippen MR) is 113 cm³/mol. The van der Waals surface area contributed by atoms with Crippen LogP contribution in [0.25, 0.3) is 11.1 Å². The summed E-state index contributed by atoms with van der Waals surface area (Å²) in [5.74, 6) is -1.02. The van der Waals surface area contributed by atoms with Gasteiger partial charge in [0.25, 0.3) is 0 Å². The van der Waals surface area contributed by atoms with Gasteiger partial charge in [-0.05, 0) is 28.7 Å². The topological polar surface area (TPSA) is 66.8 Å². The Kier molecular flexibility index (Phi) is 6.91. The van der Waals surface area contributed by atoms with Crippen LogP contribution in [-0.2, 0) is 9.53 Å². The third-order valence-corrected chi connectivity index (χ3v) is 5.71. The molecule has 1 N–H and O–H groups in total. The van der Waals surface area contributed by atoms with Crippen LogP contribution in [-0.4, -0.2) is 41.8 Å². The summed E-state index contributed by atoms with van der Waals surface area (Å²) in [5, 5.41) is 9.54. The van der Waals surface area contributed by atoms with Crippen molar-refractivity contribution in [3.8, 4) is 11.1 Å². The number of carbonyl (C=O) groups excluding carboxylic acids is 1. The number of carbonyl (C=O) groups is 2. The van der Waals surface area contributed by atoms with E-state index in [0.29, 0.717) is 6.42 Å². The van der Waals surface area contributed by atoms with Crippen molar-refractivity contribution in [3.63, 3.8) is 0 Å². The Morgan fingerprint density at radius 1 is 1.00 bits per heavy atom. The van der Waals surface area contributed by atoms with Gasteiger partial charge < -0.3 is 9.84 Å². The fourth-order valence-corrected chi connectivity index (χ4v) is 4.07. The van der Waals surface area contributed by atoms with Gasteiger partial charge in [0.2, 0.25) is 0 Å². The minimum atomic E-state index is -0.988. The molecule has 1 unspecified atom stereocenters. The van der Waals surface area contributed by atoms with E-state index >= 15 is 0 Å². The second-order valence-corrected chi connectivity index (χ2v) is 7.62. The number of unbranched alkanes of at least 4 members (excludes halogenated alkanes) is 3. The molecule has 0 aliphatic heterocycles. The van der Waals surface area contributed by atoms with Crippen LogP contribution in [0, 0.1) is 0 Å². The maximum absolute atomic E-state index is 12.6. The molecule has 0 saturated carbocycles. The lowest BCUT2D eigenvalue weighted by molar-refractivity contribution is -0.142. The second kappa shape index (κ2) is 9.59. The van der Waals surface area contributed by atoms with Crippen LogP contribution in [0.1, 0.15) is 56.1 Å². The number of hydrogen-bond donors (Lipinski definition) is 1. The van der Waals surface area contributed by atoms with E-state index in [1.54, 1.807) is 0 Å². The molecule has 0 fully saturated rings. The number of benzene rings is 2. The van der Waals surface area contributed by atoms with E-state index in [-0.39, 0.29) is 12.5 Å². The summed E-state index contributed by atoms with van der Waals surface area (Å²) >= 11 is 0. The Labute approximate surface area is 172 Å². The fourth-order valence-electron chi connectivity index (χ4n) is 4.07. The first-order valence-corrected chi connectivity index (χ1v) is 10.3. The molecule has 154 valence electrons. The molecule has 0 spiro atoms. The lowest BCUT2D eigenvalue weighted by Gasteiger charge is -2.25. The maximum Gasteiger partial charge on any atom is 0.410 e. The molecular formula is C24H29NO4. The number of rotatable bonds is 9. The van der Waals surface area contributed by atoms with Gasteiger partial charge in [0.15, 0.2) is 0 Å². The largest absolute Gasteiger partial charge is 0.480 e. The van der Waals surface area contributed by atoms with Gasteiger partial charge >= 0.3 is 12.1 Å². The molecule has 3 rings (SSSR count). The Balaban J connectivity index is 1.66. The molecule has 1 aliphatic carbocycles. The van der Waals surface area contributed by atoms with Crippen LogP contribution in [0.2, 0.25) is 0 Å². The highest BCUT2D eigenvalue weighted by atomic mass is 16.6. The molecule has 1 atom stereocenters. The lowest BCUT2D eigenvalue weighted by Crippen LogP contribution is -2.43. The average molecular weight is 395 g/mol. The average Bonchev–Trinajstić information content (AvgIpc) is 3.05. The number of amides is 1. The maximum atomic E-state index is 12.6. The zero-order valence-electron chi connectivity index (χ0n) is 17.1. The summed E-state index contributed by atoms with van der Waals surface area (Å²) in [4.78, 5) is 25.5. The molecule has 0 aromatic heterocycles. The summed E-state index contributed by atoms with van der Waals surface area (Å²) in [5.41, 5.74) is 4.60. The van der Waals surface area contributed by atoms with Crippen LogP contribution < -0.4 is 0 Å². The number of ether oxygens (including phenoxy) is 1. The molecule has 0 heterocycles. The van der Waals surface area contributed by atoms with Crippen molar-refractivity contribution >= 4 is 12.1 Å². The highest BCUT2D eigenvalue weighted by Crippen LogP contribution is 2.44. The lowest BCUT2D eigenvalue weighted by atomic mass is 9.98. The van der Waals surface area contributed by atoms with Gasteiger partial charge in [-0.25, -0.2) is 9.59 Å². The van der Waals surface area contributed by atoms with Crippen LogP contribution in [0.15, 0.2) is 48.5 Å². The first-order chi connectivity index (χ1) is 14.0. The van der Waals surface area contributed by atoms with E-state index < -0.39 is 18.1 Å². The van der Waals surface area contributed by atoms with E-state index in [4.69, 9.17) is 4.74 Å². The Bertz CT molecular complexity index is 818. The summed E-state index contributed by atoms with van der Waals surface area (Å²) < 4.78 is 5.58. The van der Waals surface area contributed by atoms with Gasteiger partial charge in [-0.1, -0.05) is 81.1 Å². The van der Waals surface area contributed by atoms with Crippen LogP contribution in [0.4, 0.5) is 4.79 Å². The van der Waals surface area contributed by atoms with E-state index in [9.17, 15) is 14.7 Å². The molecule has 2 aromatic rings. The van der Waals surface area contributed by atoms with Gasteiger partial charge in [0.1, 0.15) is 12.6 Å². The smallest absolute Gasteiger partial charge is 0.410 e. The van der Waals surface area contributed by atoms with Gasteiger partial charge in [-0.15, -0.1) is 0 Å². The van der Waals surface area contributed by atoms with Crippen molar-refractivity contribution in [2.24, 2.45) is 0 Å². The Morgan fingerprint density at radius 3 is 2.14 bits per heavy atom. The molecule has 1 aliphatic rings. The van der Waals surface area contributed by atoms with Crippen molar-refractivity contribution in [2.45, 2.75) is 51.0 Å². The Morgan fingerprint density at radius 2 is 1.59 bits per heavy atom. The van der Waals surface area contributed by atoms with Gasteiger partial charge in [0, 0.05) is 13.0 Å². The SMILES string of the molecule is CCCCCCC(C(=O)O)N(C)C(=O)OCC1c2ccccc2-c2ccccc21. The van der Waals surface area contributed by atoms with Crippen LogP contribution in [0.5, 0.6) is 0 Å². The summed E-state index contributed by atoms with van der Waals surface area (Å²) in [7, 11) is 1.51. The monoisotopic (exact) mass is 395 g/mol. The number of aliphatic carboxylic acids is 1. The first-order valence-electron chi connectivity index (χ1n) is 10.3. The summed E-state index contributed by atoms with van der Waals surface area (Å²) in [6.45, 7) is 2.30. The molecule has 2 aromatic carbocycles. The molecule has 0 radical (unpaired) electrons. The Hall–Kier alpha value is -2.82. The zero-order chi connectivity index (χ0) is 20.8. The summed E-state index contributed by atoms with van der Waals surface area (Å²) in [6, 6.07) is 15.4. The third-order valence-electron chi connectivity index (χ3n) is 5.71. The van der Waals surface area contributed by atoms with Crippen molar-refractivity contribution < 1.29 is 19.4 Å². The normalized spacial score (nSPS) is 13.4. The second-order valence-electron chi connectivity index (χ2n) is 7.62. The quantitative estimate of drug-likeness (QED) is 0.586. The van der Waals surface area contributed by atoms with E-state index in [0.717, 1.165) is 47.9 Å². The van der Waals surface area contributed by atoms with E-state index in [1.165, 1.54) is 11.9 Å². The highest BCUT2D eigenvalue weighted by molar-refractivity contribution is 5.81. The van der Waals surface area contributed by atoms with Crippen molar-refractivity contribution in [3.05, 3.63) is 59.7 Å². The van der Waals surface area contributed by atoms with Gasteiger partial charge in [-0.2, -0.15) is 0 Å². The van der Waals surface area contributed by atoms with Crippen molar-refractivity contribution in [2.75, 3.05) is 13.7 Å². The minimum Gasteiger partial charge on any atom is -0.480 e. The van der Waals surface area contributed by atoms with Gasteiger partial charge in [-0.3, -0.25) is 4.90 Å². The fraction of sp³-hybridized carbons (Fsp3) is 0.417. The molecule has 5 nitrogen and oxygen atoms in total. The van der Waals surface area contributed by atoms with Crippen LogP contribution in [0.3, 0.4) is 0 Å². The first kappa shape index (κ1) is 20.9. The van der Waals surface area contributed by atoms with Gasteiger partial charge in [0.05, 0.1) is 0 Å².